The van der Waals surface area contributed by atoms with Gasteiger partial charge in [-0.25, -0.2) is 4.39 Å². The number of hydrogen-bond donors (Lipinski definition) is 2. The molecular weight excluding hydrogens is 221 g/mol. The molecule has 0 amide bonds. The van der Waals surface area contributed by atoms with E-state index < -0.39 is 30.1 Å². The lowest BCUT2D eigenvalue weighted by Crippen LogP contribution is -2.44. The van der Waals surface area contributed by atoms with E-state index in [1.165, 1.54) is 0 Å². The lowest BCUT2D eigenvalue weighted by Gasteiger charge is -2.35. The summed E-state index contributed by atoms with van der Waals surface area (Å²) in [6.45, 7) is 3.59. The minimum atomic E-state index is -1.53. The smallest absolute Gasteiger partial charge is 0.425 e. The second-order valence-electron chi connectivity index (χ2n) is 4.73. The maximum Gasteiger partial charge on any atom is 0.482 e. The fraction of sp³-hybridized carbons (Fsp3) is 1.00. The summed E-state index contributed by atoms with van der Waals surface area (Å²) in [5, 5.41) is 17.3. The van der Waals surface area contributed by atoms with Crippen molar-refractivity contribution in [3.63, 3.8) is 0 Å². The summed E-state index contributed by atoms with van der Waals surface area (Å²) in [6.07, 6.45) is -0.204. The van der Waals surface area contributed by atoms with Crippen molar-refractivity contribution in [1.82, 2.24) is 0 Å². The van der Waals surface area contributed by atoms with Gasteiger partial charge in [0.25, 0.3) is 0 Å². The van der Waals surface area contributed by atoms with Gasteiger partial charge in [0.2, 0.25) is 0 Å². The molecule has 1 saturated heterocycles. The highest BCUT2D eigenvalue weighted by atomic mass is 35.5. The molecule has 1 aliphatic heterocycles. The Morgan fingerprint density at radius 1 is 1.47 bits per heavy atom. The molecule has 0 spiro atoms. The van der Waals surface area contributed by atoms with Gasteiger partial charge in [-0.1, -0.05) is 13.8 Å². The molecule has 0 aromatic carbocycles. The van der Waals surface area contributed by atoms with Crippen LogP contribution >= 0.6 is 11.6 Å². The number of rotatable bonds is 1. The van der Waals surface area contributed by atoms with Crippen LogP contribution in [0.1, 0.15) is 26.7 Å². The molecule has 3 atom stereocenters. The van der Waals surface area contributed by atoms with Crippen molar-refractivity contribution in [2.45, 2.75) is 44.2 Å². The van der Waals surface area contributed by atoms with Gasteiger partial charge in [0, 0.05) is 0 Å². The largest absolute Gasteiger partial charge is 0.482 e. The standard InChI is InChI=1S/C9H17BClFO3/c1-9(2)4-3-7(10(13)14)15-5-6(11)8(9)12/h6-8,13-14H,3-5H2,1-2H3. The third-order valence-corrected chi connectivity index (χ3v) is 3.29. The Hall–Kier alpha value is 0.165. The molecule has 0 aromatic heterocycles. The summed E-state index contributed by atoms with van der Waals surface area (Å²) in [4.78, 5) is 0. The maximum absolute atomic E-state index is 13.8. The van der Waals surface area contributed by atoms with Gasteiger partial charge in [-0.3, -0.25) is 0 Å². The van der Waals surface area contributed by atoms with E-state index in [-0.39, 0.29) is 6.61 Å². The Bertz CT molecular complexity index is 216. The van der Waals surface area contributed by atoms with Gasteiger partial charge in [-0.2, -0.15) is 0 Å². The third kappa shape index (κ3) is 3.31. The molecule has 0 radical (unpaired) electrons. The molecule has 6 heteroatoms. The molecule has 88 valence electrons. The van der Waals surface area contributed by atoms with Crippen LogP contribution in [0.3, 0.4) is 0 Å². The van der Waals surface area contributed by atoms with E-state index in [0.29, 0.717) is 12.8 Å². The van der Waals surface area contributed by atoms with E-state index in [4.69, 9.17) is 26.4 Å². The zero-order valence-corrected chi connectivity index (χ0v) is 9.75. The highest BCUT2D eigenvalue weighted by Crippen LogP contribution is 2.36. The number of alkyl halides is 2. The van der Waals surface area contributed by atoms with Crippen LogP contribution in [0, 0.1) is 5.41 Å². The van der Waals surface area contributed by atoms with Crippen LogP contribution in [-0.2, 0) is 4.74 Å². The Morgan fingerprint density at radius 3 is 2.60 bits per heavy atom. The number of ether oxygens (including phenoxy) is 1. The van der Waals surface area contributed by atoms with Crippen molar-refractivity contribution >= 4 is 18.7 Å². The quantitative estimate of drug-likeness (QED) is 0.532. The lowest BCUT2D eigenvalue weighted by atomic mass is 9.72. The Labute approximate surface area is 94.7 Å². The average Bonchev–Trinajstić information content (AvgIpc) is 2.14. The highest BCUT2D eigenvalue weighted by Gasteiger charge is 2.39. The lowest BCUT2D eigenvalue weighted by molar-refractivity contribution is 0.00612. The molecule has 1 rings (SSSR count). The molecule has 0 saturated carbocycles. The summed E-state index contributed by atoms with van der Waals surface area (Å²) >= 11 is 5.84. The van der Waals surface area contributed by atoms with Crippen LogP contribution in [0.15, 0.2) is 0 Å². The first-order chi connectivity index (χ1) is 6.84. The molecule has 1 aliphatic rings. The van der Waals surface area contributed by atoms with Gasteiger partial charge < -0.3 is 14.8 Å². The summed E-state index contributed by atoms with van der Waals surface area (Å²) in [6, 6.07) is -0.668. The van der Waals surface area contributed by atoms with Gasteiger partial charge in [-0.15, -0.1) is 11.6 Å². The topological polar surface area (TPSA) is 49.7 Å². The van der Waals surface area contributed by atoms with Crippen molar-refractivity contribution in [3.05, 3.63) is 0 Å². The van der Waals surface area contributed by atoms with Crippen LogP contribution < -0.4 is 0 Å². The minimum Gasteiger partial charge on any atom is -0.425 e. The molecule has 15 heavy (non-hydrogen) atoms. The summed E-state index contributed by atoms with van der Waals surface area (Å²) in [5.41, 5.74) is -0.552. The Morgan fingerprint density at radius 2 is 2.07 bits per heavy atom. The normalized spacial score (nSPS) is 36.8. The van der Waals surface area contributed by atoms with Crippen molar-refractivity contribution in [2.75, 3.05) is 6.61 Å². The monoisotopic (exact) mass is 238 g/mol. The van der Waals surface area contributed by atoms with E-state index >= 15 is 0 Å². The van der Waals surface area contributed by atoms with E-state index in [0.717, 1.165) is 0 Å². The molecule has 0 aliphatic carbocycles. The Balaban J connectivity index is 2.68. The zero-order valence-electron chi connectivity index (χ0n) is 8.99. The minimum absolute atomic E-state index is 0.00837. The van der Waals surface area contributed by atoms with Crippen LogP contribution in [0.25, 0.3) is 0 Å². The molecule has 1 fully saturated rings. The van der Waals surface area contributed by atoms with Crippen LogP contribution in [0.5, 0.6) is 0 Å². The van der Waals surface area contributed by atoms with Gasteiger partial charge in [-0.05, 0) is 18.3 Å². The molecular formula is C9H17BClFO3. The van der Waals surface area contributed by atoms with Crippen molar-refractivity contribution in [2.24, 2.45) is 5.41 Å². The number of halogens is 2. The van der Waals surface area contributed by atoms with Crippen LogP contribution in [0.4, 0.5) is 4.39 Å². The summed E-state index contributed by atoms with van der Waals surface area (Å²) in [5.74, 6) is 0. The average molecular weight is 238 g/mol. The zero-order chi connectivity index (χ0) is 11.6. The molecule has 3 unspecified atom stereocenters. The predicted molar refractivity (Wildman–Crippen MR) is 57.5 cm³/mol. The first kappa shape index (κ1) is 13.2. The fourth-order valence-corrected chi connectivity index (χ4v) is 2.17. The van der Waals surface area contributed by atoms with E-state index in [2.05, 4.69) is 0 Å². The Kier molecular flexibility index (Phi) is 4.41. The van der Waals surface area contributed by atoms with Gasteiger partial charge in [0.1, 0.15) is 6.17 Å². The van der Waals surface area contributed by atoms with Gasteiger partial charge >= 0.3 is 7.12 Å². The summed E-state index contributed by atoms with van der Waals surface area (Å²) < 4.78 is 18.9. The van der Waals surface area contributed by atoms with E-state index in [1.54, 1.807) is 13.8 Å². The highest BCUT2D eigenvalue weighted by molar-refractivity contribution is 6.42. The molecule has 0 bridgehead atoms. The second-order valence-corrected chi connectivity index (χ2v) is 5.29. The number of hydrogen-bond acceptors (Lipinski definition) is 3. The van der Waals surface area contributed by atoms with Gasteiger partial charge in [0.15, 0.2) is 0 Å². The maximum atomic E-state index is 13.8. The second kappa shape index (κ2) is 5.00. The van der Waals surface area contributed by atoms with Gasteiger partial charge in [0.05, 0.1) is 18.0 Å². The van der Waals surface area contributed by atoms with Crippen molar-refractivity contribution < 1.29 is 19.2 Å². The summed E-state index contributed by atoms with van der Waals surface area (Å²) in [7, 11) is -1.53. The third-order valence-electron chi connectivity index (χ3n) is 2.94. The SMILES string of the molecule is CC1(C)CCC(B(O)O)OCC(Cl)C1F. The van der Waals surface area contributed by atoms with Crippen molar-refractivity contribution in [1.29, 1.82) is 0 Å². The fourth-order valence-electron chi connectivity index (χ4n) is 1.76. The van der Waals surface area contributed by atoms with E-state index in [9.17, 15) is 4.39 Å². The van der Waals surface area contributed by atoms with Crippen molar-refractivity contribution in [3.8, 4) is 0 Å². The first-order valence-corrected chi connectivity index (χ1v) is 5.54. The molecule has 2 N–H and O–H groups in total. The predicted octanol–water partition coefficient (Wildman–Crippen LogP) is 1.15. The van der Waals surface area contributed by atoms with Crippen LogP contribution in [0.2, 0.25) is 0 Å². The molecule has 3 nitrogen and oxygen atoms in total. The van der Waals surface area contributed by atoms with E-state index in [1.807, 2.05) is 0 Å². The van der Waals surface area contributed by atoms with Crippen LogP contribution in [-0.4, -0.2) is 41.3 Å². The molecule has 1 heterocycles. The molecule has 0 aromatic rings. The first-order valence-electron chi connectivity index (χ1n) is 5.10.